The fourth-order valence-corrected chi connectivity index (χ4v) is 2.28. The summed E-state index contributed by atoms with van der Waals surface area (Å²) in [6.07, 6.45) is 1.81. The Morgan fingerprint density at radius 2 is 2.22 bits per heavy atom. The van der Waals surface area contributed by atoms with Gasteiger partial charge in [-0.2, -0.15) is 4.98 Å². The molecule has 0 unspecified atom stereocenters. The van der Waals surface area contributed by atoms with E-state index in [2.05, 4.69) is 15.0 Å². The number of hydrogen-bond acceptors (Lipinski definition) is 5. The van der Waals surface area contributed by atoms with E-state index in [1.807, 2.05) is 6.26 Å². The van der Waals surface area contributed by atoms with Gasteiger partial charge in [0.05, 0.1) is 6.42 Å². The van der Waals surface area contributed by atoms with Crippen molar-refractivity contribution in [3.05, 3.63) is 16.2 Å². The molecule has 2 heterocycles. The van der Waals surface area contributed by atoms with Gasteiger partial charge in [0.2, 0.25) is 0 Å². The molecule has 96 valence electrons. The van der Waals surface area contributed by atoms with E-state index in [0.29, 0.717) is 22.0 Å². The average molecular weight is 268 g/mol. The van der Waals surface area contributed by atoms with Gasteiger partial charge < -0.3 is 14.7 Å². The van der Waals surface area contributed by atoms with E-state index in [1.165, 1.54) is 11.8 Å². The lowest BCUT2D eigenvalue weighted by Gasteiger charge is -2.04. The van der Waals surface area contributed by atoms with Crippen LogP contribution in [0.4, 0.5) is 0 Å². The van der Waals surface area contributed by atoms with Crippen molar-refractivity contribution in [1.82, 2.24) is 19.5 Å². The first-order valence-corrected chi connectivity index (χ1v) is 6.48. The largest absolute Gasteiger partial charge is 0.481 e. The number of fused-ring (bicyclic) bond motifs is 1. The first kappa shape index (κ1) is 12.6. The predicted molar refractivity (Wildman–Crippen MR) is 66.9 cm³/mol. The summed E-state index contributed by atoms with van der Waals surface area (Å²) in [5.41, 5.74) is 1.21. The molecule has 0 aliphatic heterocycles. The molecule has 7 nitrogen and oxygen atoms in total. The fraction of sp³-hybridized carbons (Fsp3) is 0.400. The molecule has 2 N–H and O–H groups in total. The van der Waals surface area contributed by atoms with Gasteiger partial charge in [-0.1, -0.05) is 11.8 Å². The van der Waals surface area contributed by atoms with Crippen molar-refractivity contribution in [3.63, 3.8) is 0 Å². The summed E-state index contributed by atoms with van der Waals surface area (Å²) < 4.78 is 1.66. The summed E-state index contributed by atoms with van der Waals surface area (Å²) in [4.78, 5) is 32.8. The van der Waals surface area contributed by atoms with Crippen molar-refractivity contribution in [2.45, 2.75) is 25.0 Å². The van der Waals surface area contributed by atoms with Crippen LogP contribution in [-0.4, -0.2) is 36.9 Å². The van der Waals surface area contributed by atoms with Gasteiger partial charge >= 0.3 is 11.7 Å². The van der Waals surface area contributed by atoms with Crippen molar-refractivity contribution in [3.8, 4) is 0 Å². The number of aryl methyl sites for hydroxylation is 2. The first-order valence-electron chi connectivity index (χ1n) is 5.26. The highest BCUT2D eigenvalue weighted by atomic mass is 32.2. The highest BCUT2D eigenvalue weighted by molar-refractivity contribution is 7.98. The molecule has 0 aliphatic rings. The molecule has 0 saturated heterocycles. The lowest BCUT2D eigenvalue weighted by Crippen LogP contribution is -2.14. The quantitative estimate of drug-likeness (QED) is 0.788. The Morgan fingerprint density at radius 3 is 2.83 bits per heavy atom. The number of carboxylic acids is 1. The van der Waals surface area contributed by atoms with Crippen molar-refractivity contribution >= 4 is 28.9 Å². The molecule has 0 aliphatic carbocycles. The zero-order valence-corrected chi connectivity index (χ0v) is 10.7. The van der Waals surface area contributed by atoms with Gasteiger partial charge in [0.1, 0.15) is 5.52 Å². The predicted octanol–water partition coefficient (Wildman–Crippen LogP) is 0.625. The summed E-state index contributed by atoms with van der Waals surface area (Å²) >= 11 is 1.39. The highest BCUT2D eigenvalue weighted by Gasteiger charge is 2.14. The minimum Gasteiger partial charge on any atom is -0.481 e. The Labute approximate surface area is 106 Å². The Kier molecular flexibility index (Phi) is 3.37. The molecule has 2 aromatic rings. The molecule has 2 rings (SSSR count). The number of rotatable bonds is 4. The number of nitrogens with one attached hydrogen (secondary N) is 1. The van der Waals surface area contributed by atoms with Gasteiger partial charge in [0.15, 0.2) is 10.8 Å². The molecule has 8 heteroatoms. The summed E-state index contributed by atoms with van der Waals surface area (Å²) in [6.45, 7) is 1.99. The Hall–Kier alpha value is -1.83. The third-order valence-corrected chi connectivity index (χ3v) is 3.17. The first-order chi connectivity index (χ1) is 8.52. The SMILES string of the molecule is CSc1nc2c(C)[nH]c(=O)nc2n1CCC(=O)O. The van der Waals surface area contributed by atoms with E-state index >= 15 is 0 Å². The van der Waals surface area contributed by atoms with Crippen molar-refractivity contribution < 1.29 is 9.90 Å². The monoisotopic (exact) mass is 268 g/mol. The van der Waals surface area contributed by atoms with Crippen LogP contribution in [0.5, 0.6) is 0 Å². The van der Waals surface area contributed by atoms with E-state index < -0.39 is 11.7 Å². The van der Waals surface area contributed by atoms with E-state index in [4.69, 9.17) is 5.11 Å². The molecule has 0 radical (unpaired) electrons. The molecule has 2 aromatic heterocycles. The number of carbonyl (C=O) groups is 1. The molecule has 0 amide bonds. The number of thioether (sulfide) groups is 1. The van der Waals surface area contributed by atoms with Crippen LogP contribution in [0, 0.1) is 6.92 Å². The molecule has 0 atom stereocenters. The van der Waals surface area contributed by atoms with Crippen LogP contribution in [0.2, 0.25) is 0 Å². The summed E-state index contributed by atoms with van der Waals surface area (Å²) in [7, 11) is 0. The molecule has 0 spiro atoms. The zero-order chi connectivity index (χ0) is 13.3. The summed E-state index contributed by atoms with van der Waals surface area (Å²) in [6, 6.07) is 0. The second-order valence-corrected chi connectivity index (χ2v) is 4.51. The number of aromatic amines is 1. The number of H-pyrrole nitrogens is 1. The molecule has 18 heavy (non-hydrogen) atoms. The van der Waals surface area contributed by atoms with E-state index in [0.717, 1.165) is 0 Å². The van der Waals surface area contributed by atoms with Gasteiger partial charge in [0, 0.05) is 12.2 Å². The number of imidazole rings is 1. The lowest BCUT2D eigenvalue weighted by atomic mass is 10.4. The van der Waals surface area contributed by atoms with E-state index in [-0.39, 0.29) is 13.0 Å². The maximum Gasteiger partial charge on any atom is 0.347 e. The number of carboxylic acid groups (broad SMARTS) is 1. The second kappa shape index (κ2) is 4.81. The molecule has 0 bridgehead atoms. The average Bonchev–Trinajstić information content (AvgIpc) is 2.64. The van der Waals surface area contributed by atoms with Gasteiger partial charge in [-0.25, -0.2) is 9.78 Å². The minimum absolute atomic E-state index is 0.0352. The van der Waals surface area contributed by atoms with Crippen LogP contribution < -0.4 is 5.69 Å². The smallest absolute Gasteiger partial charge is 0.347 e. The van der Waals surface area contributed by atoms with Crippen molar-refractivity contribution in [2.75, 3.05) is 6.26 Å². The van der Waals surface area contributed by atoms with Crippen LogP contribution in [-0.2, 0) is 11.3 Å². The highest BCUT2D eigenvalue weighted by Crippen LogP contribution is 2.21. The third kappa shape index (κ3) is 2.23. The van der Waals surface area contributed by atoms with Crippen molar-refractivity contribution in [2.24, 2.45) is 0 Å². The Morgan fingerprint density at radius 1 is 1.50 bits per heavy atom. The van der Waals surface area contributed by atoms with E-state index in [9.17, 15) is 9.59 Å². The maximum absolute atomic E-state index is 11.4. The third-order valence-electron chi connectivity index (χ3n) is 2.49. The number of aliphatic carboxylic acids is 1. The maximum atomic E-state index is 11.4. The van der Waals surface area contributed by atoms with Crippen LogP contribution in [0.1, 0.15) is 12.1 Å². The molecule has 0 saturated carbocycles. The van der Waals surface area contributed by atoms with Crippen LogP contribution in [0.15, 0.2) is 9.95 Å². The molecule has 0 fully saturated rings. The van der Waals surface area contributed by atoms with Crippen LogP contribution >= 0.6 is 11.8 Å². The van der Waals surface area contributed by atoms with Gasteiger partial charge in [0.25, 0.3) is 0 Å². The van der Waals surface area contributed by atoms with E-state index in [1.54, 1.807) is 11.5 Å². The molecule has 0 aromatic carbocycles. The topological polar surface area (TPSA) is 101 Å². The summed E-state index contributed by atoms with van der Waals surface area (Å²) in [5, 5.41) is 9.38. The Balaban J connectivity index is 2.61. The second-order valence-electron chi connectivity index (χ2n) is 3.73. The van der Waals surface area contributed by atoms with Crippen molar-refractivity contribution in [1.29, 1.82) is 0 Å². The summed E-state index contributed by atoms with van der Waals surface area (Å²) in [5.74, 6) is -0.898. The Bertz CT molecular complexity index is 661. The van der Waals surface area contributed by atoms with Gasteiger partial charge in [-0.05, 0) is 13.2 Å². The fourth-order valence-electron chi connectivity index (χ4n) is 1.70. The zero-order valence-electron chi connectivity index (χ0n) is 9.93. The van der Waals surface area contributed by atoms with Gasteiger partial charge in [-0.15, -0.1) is 0 Å². The molecular formula is C10H12N4O3S. The normalized spacial score (nSPS) is 11.0. The van der Waals surface area contributed by atoms with Gasteiger partial charge in [-0.3, -0.25) is 4.79 Å². The lowest BCUT2D eigenvalue weighted by molar-refractivity contribution is -0.137. The number of nitrogens with zero attached hydrogens (tertiary/aromatic N) is 3. The molecular weight excluding hydrogens is 256 g/mol. The number of aromatic nitrogens is 4. The standard InChI is InChI=1S/C10H12N4O3S/c1-5-7-8(13-9(17)11-5)14(4-3-6(15)16)10(12-7)18-2/h3-4H2,1-2H3,(H,15,16)(H,11,13,17). The number of hydrogen-bond donors (Lipinski definition) is 2. The minimum atomic E-state index is -0.898. The van der Waals surface area contributed by atoms with Crippen LogP contribution in [0.3, 0.4) is 0 Å². The van der Waals surface area contributed by atoms with Crippen LogP contribution in [0.25, 0.3) is 11.2 Å².